The minimum absolute atomic E-state index is 0. The Labute approximate surface area is 75.9 Å². The lowest BCUT2D eigenvalue weighted by Crippen LogP contribution is -2.30. The summed E-state index contributed by atoms with van der Waals surface area (Å²) < 4.78 is 0. The van der Waals surface area contributed by atoms with Crippen LogP contribution in [-0.2, 0) is 0 Å². The molecule has 0 saturated heterocycles. The first kappa shape index (κ1) is 13.8. The van der Waals surface area contributed by atoms with Gasteiger partial charge in [-0.05, 0) is 31.1 Å². The van der Waals surface area contributed by atoms with Crippen LogP contribution >= 0.6 is 12.4 Å². The van der Waals surface area contributed by atoms with Gasteiger partial charge in [-0.1, -0.05) is 13.8 Å². The average Bonchev–Trinajstić information content (AvgIpc) is 1.78. The summed E-state index contributed by atoms with van der Waals surface area (Å²) in [6.07, 6.45) is 5.09. The van der Waals surface area contributed by atoms with Gasteiger partial charge in [0.25, 0.3) is 0 Å². The van der Waals surface area contributed by atoms with E-state index in [-0.39, 0.29) is 18.6 Å². The molecule has 2 nitrogen and oxygen atoms in total. The lowest BCUT2D eigenvalue weighted by Gasteiger charge is -2.32. The highest BCUT2D eigenvalue weighted by atomic mass is 35.5. The molecular weight excluding hydrogens is 160 g/mol. The van der Waals surface area contributed by atoms with Gasteiger partial charge in [-0.15, -0.1) is 12.4 Å². The summed E-state index contributed by atoms with van der Waals surface area (Å²) in [6.45, 7) is 4.66. The van der Waals surface area contributed by atoms with Crippen molar-refractivity contribution in [1.82, 2.24) is 6.15 Å². The van der Waals surface area contributed by atoms with E-state index in [0.29, 0.717) is 11.5 Å². The van der Waals surface area contributed by atoms with Crippen LogP contribution in [0.4, 0.5) is 0 Å². The minimum Gasteiger partial charge on any atom is -0.344 e. The number of halogens is 1. The van der Waals surface area contributed by atoms with Crippen molar-refractivity contribution in [3.63, 3.8) is 0 Å². The van der Waals surface area contributed by atoms with E-state index in [0.717, 1.165) is 0 Å². The first-order chi connectivity index (χ1) is 4.10. The highest BCUT2D eigenvalue weighted by molar-refractivity contribution is 5.85. The Hall–Kier alpha value is 0.210. The third kappa shape index (κ3) is 4.62. The van der Waals surface area contributed by atoms with Crippen molar-refractivity contribution in [2.75, 3.05) is 0 Å². The van der Waals surface area contributed by atoms with Crippen LogP contribution in [0.1, 0.15) is 39.5 Å². The smallest absolute Gasteiger partial charge is 0.00392 e. The SMILES string of the molecule is CC1(C)CCC(N)CC1.Cl.N. The second-order valence-corrected chi connectivity index (χ2v) is 4.00. The molecule has 0 amide bonds. The van der Waals surface area contributed by atoms with Crippen molar-refractivity contribution in [3.05, 3.63) is 0 Å². The normalized spacial score (nSPS) is 23.2. The van der Waals surface area contributed by atoms with Gasteiger partial charge in [-0.3, -0.25) is 0 Å². The Morgan fingerprint density at radius 1 is 1.18 bits per heavy atom. The lowest BCUT2D eigenvalue weighted by molar-refractivity contribution is 0.225. The highest BCUT2D eigenvalue weighted by Crippen LogP contribution is 2.34. The van der Waals surface area contributed by atoms with Crippen molar-refractivity contribution in [3.8, 4) is 0 Å². The molecule has 1 aliphatic rings. The van der Waals surface area contributed by atoms with E-state index in [1.807, 2.05) is 0 Å². The molecule has 0 aliphatic heterocycles. The monoisotopic (exact) mass is 180 g/mol. The molecule has 5 N–H and O–H groups in total. The molecule has 0 spiro atoms. The molecule has 0 aromatic carbocycles. The molecule has 1 saturated carbocycles. The molecule has 1 fully saturated rings. The molecule has 70 valence electrons. The molecule has 0 atom stereocenters. The number of hydrogen-bond acceptors (Lipinski definition) is 2. The van der Waals surface area contributed by atoms with Crippen molar-refractivity contribution in [2.24, 2.45) is 11.1 Å². The Bertz CT molecular complexity index is 94.3. The molecular formula is C8H21ClN2. The molecule has 0 radical (unpaired) electrons. The van der Waals surface area contributed by atoms with E-state index >= 15 is 0 Å². The van der Waals surface area contributed by atoms with Gasteiger partial charge in [0.2, 0.25) is 0 Å². The molecule has 0 unspecified atom stereocenters. The molecule has 3 heteroatoms. The van der Waals surface area contributed by atoms with Crippen LogP contribution in [0.25, 0.3) is 0 Å². The Kier molecular flexibility index (Phi) is 6.22. The Morgan fingerprint density at radius 3 is 1.82 bits per heavy atom. The first-order valence-electron chi connectivity index (χ1n) is 3.86. The minimum atomic E-state index is 0. The standard InChI is InChI=1S/C8H17N.ClH.H3N/c1-8(2)5-3-7(9)4-6-8;;/h7H,3-6,9H2,1-2H3;1H;1H3. The topological polar surface area (TPSA) is 61.0 Å². The molecule has 0 heterocycles. The Balaban J connectivity index is 0. The summed E-state index contributed by atoms with van der Waals surface area (Å²) in [6, 6.07) is 0.498. The van der Waals surface area contributed by atoms with Gasteiger partial charge in [0.1, 0.15) is 0 Å². The predicted molar refractivity (Wildman–Crippen MR) is 52.5 cm³/mol. The average molecular weight is 181 g/mol. The van der Waals surface area contributed by atoms with Gasteiger partial charge < -0.3 is 11.9 Å². The van der Waals surface area contributed by atoms with Gasteiger partial charge >= 0.3 is 0 Å². The summed E-state index contributed by atoms with van der Waals surface area (Å²) in [4.78, 5) is 0. The van der Waals surface area contributed by atoms with Crippen LogP contribution in [0, 0.1) is 5.41 Å². The van der Waals surface area contributed by atoms with Crippen LogP contribution in [0.3, 0.4) is 0 Å². The maximum atomic E-state index is 5.76. The summed E-state index contributed by atoms with van der Waals surface area (Å²) in [5.74, 6) is 0. The fourth-order valence-electron chi connectivity index (χ4n) is 1.42. The zero-order valence-corrected chi connectivity index (χ0v) is 8.41. The zero-order valence-electron chi connectivity index (χ0n) is 7.60. The summed E-state index contributed by atoms with van der Waals surface area (Å²) >= 11 is 0. The van der Waals surface area contributed by atoms with Gasteiger partial charge in [0.15, 0.2) is 0 Å². The second kappa shape index (κ2) is 4.96. The van der Waals surface area contributed by atoms with Crippen LogP contribution in [0.15, 0.2) is 0 Å². The van der Waals surface area contributed by atoms with Gasteiger partial charge in [0.05, 0.1) is 0 Å². The van der Waals surface area contributed by atoms with E-state index in [1.54, 1.807) is 0 Å². The molecule has 0 aromatic rings. The fraction of sp³-hybridized carbons (Fsp3) is 1.00. The predicted octanol–water partition coefficient (Wildman–Crippen LogP) is 2.50. The van der Waals surface area contributed by atoms with E-state index in [2.05, 4.69) is 13.8 Å². The molecule has 11 heavy (non-hydrogen) atoms. The molecule has 0 bridgehead atoms. The van der Waals surface area contributed by atoms with E-state index in [4.69, 9.17) is 5.73 Å². The second-order valence-electron chi connectivity index (χ2n) is 4.00. The number of nitrogens with two attached hydrogens (primary N) is 1. The summed E-state index contributed by atoms with van der Waals surface area (Å²) in [5, 5.41) is 0. The molecule has 1 aliphatic carbocycles. The van der Waals surface area contributed by atoms with Crippen LogP contribution in [-0.4, -0.2) is 6.04 Å². The Morgan fingerprint density at radius 2 is 1.55 bits per heavy atom. The number of hydrogen-bond donors (Lipinski definition) is 2. The molecule has 0 aromatic heterocycles. The van der Waals surface area contributed by atoms with E-state index in [1.165, 1.54) is 25.7 Å². The summed E-state index contributed by atoms with van der Waals surface area (Å²) in [7, 11) is 0. The summed E-state index contributed by atoms with van der Waals surface area (Å²) in [5.41, 5.74) is 6.34. The maximum absolute atomic E-state index is 5.76. The van der Waals surface area contributed by atoms with Gasteiger partial charge in [-0.2, -0.15) is 0 Å². The molecule has 1 rings (SSSR count). The third-order valence-corrected chi connectivity index (χ3v) is 2.38. The first-order valence-corrected chi connectivity index (χ1v) is 3.86. The van der Waals surface area contributed by atoms with Crippen LogP contribution in [0.5, 0.6) is 0 Å². The number of rotatable bonds is 0. The van der Waals surface area contributed by atoms with Gasteiger partial charge in [0, 0.05) is 6.04 Å². The van der Waals surface area contributed by atoms with Crippen molar-refractivity contribution in [2.45, 2.75) is 45.6 Å². The fourth-order valence-corrected chi connectivity index (χ4v) is 1.42. The van der Waals surface area contributed by atoms with Crippen molar-refractivity contribution >= 4 is 12.4 Å². The maximum Gasteiger partial charge on any atom is 0.00392 e. The third-order valence-electron chi connectivity index (χ3n) is 2.38. The van der Waals surface area contributed by atoms with E-state index < -0.39 is 0 Å². The quantitative estimate of drug-likeness (QED) is 0.602. The lowest BCUT2D eigenvalue weighted by atomic mass is 9.76. The van der Waals surface area contributed by atoms with Crippen LogP contribution in [0.2, 0.25) is 0 Å². The van der Waals surface area contributed by atoms with Gasteiger partial charge in [-0.25, -0.2) is 0 Å². The highest BCUT2D eigenvalue weighted by Gasteiger charge is 2.24. The van der Waals surface area contributed by atoms with Crippen molar-refractivity contribution in [1.29, 1.82) is 0 Å². The largest absolute Gasteiger partial charge is 0.344 e. The van der Waals surface area contributed by atoms with Crippen LogP contribution < -0.4 is 11.9 Å². The zero-order chi connectivity index (χ0) is 6.91. The van der Waals surface area contributed by atoms with Crippen molar-refractivity contribution < 1.29 is 0 Å². The van der Waals surface area contributed by atoms with E-state index in [9.17, 15) is 0 Å².